The summed E-state index contributed by atoms with van der Waals surface area (Å²) in [7, 11) is 0. The summed E-state index contributed by atoms with van der Waals surface area (Å²) in [5.74, 6) is 0.149. The van der Waals surface area contributed by atoms with Crippen molar-refractivity contribution in [3.8, 4) is 0 Å². The number of aromatic nitrogens is 1. The highest BCUT2D eigenvalue weighted by Crippen LogP contribution is 2.20. The van der Waals surface area contributed by atoms with Gasteiger partial charge in [-0.3, -0.25) is 9.59 Å². The molecule has 0 aliphatic carbocycles. The van der Waals surface area contributed by atoms with E-state index < -0.39 is 0 Å². The molecule has 0 unspecified atom stereocenters. The van der Waals surface area contributed by atoms with E-state index in [1.165, 1.54) is 10.9 Å². The van der Waals surface area contributed by atoms with Crippen LogP contribution in [0.5, 0.6) is 0 Å². The van der Waals surface area contributed by atoms with Crippen molar-refractivity contribution < 1.29 is 9.59 Å². The third-order valence-electron chi connectivity index (χ3n) is 5.82. The largest absolute Gasteiger partial charge is 0.361 e. The number of nitrogens with one attached hydrogen (secondary N) is 2. The summed E-state index contributed by atoms with van der Waals surface area (Å²) < 4.78 is 0. The van der Waals surface area contributed by atoms with Gasteiger partial charge >= 0.3 is 0 Å². The molecule has 5 nitrogen and oxygen atoms in total. The second-order valence-electron chi connectivity index (χ2n) is 7.83. The summed E-state index contributed by atoms with van der Waals surface area (Å²) in [5, 5.41) is 4.29. The summed E-state index contributed by atoms with van der Waals surface area (Å²) in [6.07, 6.45) is 4.26. The molecule has 5 heteroatoms. The molecule has 1 saturated heterocycles. The third kappa shape index (κ3) is 4.34. The minimum atomic E-state index is -0.0139. The van der Waals surface area contributed by atoms with Crippen LogP contribution >= 0.6 is 0 Å². The lowest BCUT2D eigenvalue weighted by Crippen LogP contribution is -2.43. The molecule has 150 valence electrons. The molecule has 1 aromatic heterocycles. The summed E-state index contributed by atoms with van der Waals surface area (Å²) in [4.78, 5) is 30.3. The number of para-hydroxylation sites is 1. The number of benzene rings is 2. The zero-order valence-corrected chi connectivity index (χ0v) is 16.8. The van der Waals surface area contributed by atoms with Gasteiger partial charge < -0.3 is 15.2 Å². The fraction of sp³-hybridized carbons (Fsp3) is 0.333. The van der Waals surface area contributed by atoms with Gasteiger partial charge in [-0.25, -0.2) is 0 Å². The lowest BCUT2D eigenvalue weighted by molar-refractivity contribution is -0.126. The fourth-order valence-electron chi connectivity index (χ4n) is 4.03. The Hall–Kier alpha value is -3.08. The summed E-state index contributed by atoms with van der Waals surface area (Å²) >= 11 is 0. The number of hydrogen-bond acceptors (Lipinski definition) is 2. The maximum atomic E-state index is 12.6. The number of piperidine rings is 1. The smallest absolute Gasteiger partial charge is 0.253 e. The monoisotopic (exact) mass is 389 g/mol. The number of H-pyrrole nitrogens is 1. The Balaban J connectivity index is 1.24. The van der Waals surface area contributed by atoms with Gasteiger partial charge in [0.15, 0.2) is 0 Å². The standard InChI is InChI=1S/C24H27N3O2/c1-17-6-8-19(9-7-17)24(29)27-14-11-18(12-15-27)23(28)25-13-10-20-16-26-22-5-3-2-4-21(20)22/h2-9,16,18,26H,10-15H2,1H3,(H,25,28). The van der Waals surface area contributed by atoms with Gasteiger partial charge in [0, 0.05) is 48.2 Å². The second-order valence-corrected chi connectivity index (χ2v) is 7.83. The topological polar surface area (TPSA) is 65.2 Å². The number of likely N-dealkylation sites (tertiary alicyclic amines) is 1. The van der Waals surface area contributed by atoms with Gasteiger partial charge in [0.25, 0.3) is 5.91 Å². The first-order valence-corrected chi connectivity index (χ1v) is 10.3. The highest BCUT2D eigenvalue weighted by atomic mass is 16.2. The average Bonchev–Trinajstić information content (AvgIpc) is 3.17. The zero-order valence-electron chi connectivity index (χ0n) is 16.8. The fourth-order valence-corrected chi connectivity index (χ4v) is 4.03. The molecule has 4 rings (SSSR count). The number of hydrogen-bond donors (Lipinski definition) is 2. The minimum absolute atomic E-state index is 0.0139. The first-order chi connectivity index (χ1) is 14.1. The van der Waals surface area contributed by atoms with Crippen molar-refractivity contribution in [2.24, 2.45) is 5.92 Å². The second kappa shape index (κ2) is 8.52. The number of aryl methyl sites for hydroxylation is 1. The van der Waals surface area contributed by atoms with E-state index in [1.807, 2.05) is 54.4 Å². The molecule has 0 bridgehead atoms. The van der Waals surface area contributed by atoms with Crippen molar-refractivity contribution >= 4 is 22.7 Å². The SMILES string of the molecule is Cc1ccc(C(=O)N2CCC(C(=O)NCCc3c[nH]c4ccccc34)CC2)cc1. The number of rotatable bonds is 5. The first-order valence-electron chi connectivity index (χ1n) is 10.3. The lowest BCUT2D eigenvalue weighted by atomic mass is 9.95. The molecule has 0 radical (unpaired) electrons. The Morgan fingerprint density at radius 2 is 1.79 bits per heavy atom. The zero-order chi connectivity index (χ0) is 20.2. The van der Waals surface area contributed by atoms with Crippen LogP contribution in [0.25, 0.3) is 10.9 Å². The van der Waals surface area contributed by atoms with Crippen LogP contribution in [0.2, 0.25) is 0 Å². The molecule has 0 atom stereocenters. The van der Waals surface area contributed by atoms with Crippen molar-refractivity contribution in [2.75, 3.05) is 19.6 Å². The molecule has 1 aliphatic heterocycles. The number of fused-ring (bicyclic) bond motifs is 1. The summed E-state index contributed by atoms with van der Waals surface area (Å²) in [5.41, 5.74) is 4.21. The molecule has 29 heavy (non-hydrogen) atoms. The molecule has 0 spiro atoms. The maximum Gasteiger partial charge on any atom is 0.253 e. The van der Waals surface area contributed by atoms with Crippen LogP contribution in [0.4, 0.5) is 0 Å². The Labute approximate surface area is 171 Å². The van der Waals surface area contributed by atoms with Crippen LogP contribution in [-0.4, -0.2) is 41.3 Å². The predicted molar refractivity (Wildman–Crippen MR) is 115 cm³/mol. The van der Waals surface area contributed by atoms with Crippen LogP contribution in [0, 0.1) is 12.8 Å². The number of aromatic amines is 1. The maximum absolute atomic E-state index is 12.6. The number of carbonyl (C=O) groups excluding carboxylic acids is 2. The summed E-state index contributed by atoms with van der Waals surface area (Å²) in [6, 6.07) is 15.9. The number of carbonyl (C=O) groups is 2. The number of nitrogens with zero attached hydrogens (tertiary/aromatic N) is 1. The normalized spacial score (nSPS) is 14.9. The van der Waals surface area contributed by atoms with E-state index in [1.54, 1.807) is 0 Å². The van der Waals surface area contributed by atoms with Gasteiger partial charge in [0.05, 0.1) is 0 Å². The molecular weight excluding hydrogens is 362 g/mol. The van der Waals surface area contributed by atoms with Crippen molar-refractivity contribution in [3.05, 3.63) is 71.4 Å². The molecule has 1 aliphatic rings. The van der Waals surface area contributed by atoms with Gasteiger partial charge in [-0.05, 0) is 49.9 Å². The van der Waals surface area contributed by atoms with E-state index >= 15 is 0 Å². The first kappa shape index (κ1) is 19.2. The Morgan fingerprint density at radius 3 is 2.55 bits per heavy atom. The van der Waals surface area contributed by atoms with E-state index in [-0.39, 0.29) is 17.7 Å². The van der Waals surface area contributed by atoms with Crippen LogP contribution in [0.3, 0.4) is 0 Å². The Bertz CT molecular complexity index is 998. The van der Waals surface area contributed by atoms with E-state index in [9.17, 15) is 9.59 Å². The highest BCUT2D eigenvalue weighted by molar-refractivity contribution is 5.94. The van der Waals surface area contributed by atoms with Gasteiger partial charge in [-0.2, -0.15) is 0 Å². The third-order valence-corrected chi connectivity index (χ3v) is 5.82. The van der Waals surface area contributed by atoms with Gasteiger partial charge in [0.2, 0.25) is 5.91 Å². The van der Waals surface area contributed by atoms with Crippen molar-refractivity contribution in [3.63, 3.8) is 0 Å². The molecule has 2 aromatic carbocycles. The van der Waals surface area contributed by atoms with Gasteiger partial charge in [-0.15, -0.1) is 0 Å². The van der Waals surface area contributed by atoms with Crippen LogP contribution in [0.1, 0.15) is 34.3 Å². The van der Waals surface area contributed by atoms with Crippen LogP contribution in [-0.2, 0) is 11.2 Å². The molecule has 3 aromatic rings. The lowest BCUT2D eigenvalue weighted by Gasteiger charge is -2.31. The Kier molecular flexibility index (Phi) is 5.65. The predicted octanol–water partition coefficient (Wildman–Crippen LogP) is 3.69. The molecular formula is C24H27N3O2. The molecule has 0 saturated carbocycles. The van der Waals surface area contributed by atoms with Crippen LogP contribution in [0.15, 0.2) is 54.7 Å². The quantitative estimate of drug-likeness (QED) is 0.699. The Morgan fingerprint density at radius 1 is 1.07 bits per heavy atom. The van der Waals surface area contributed by atoms with E-state index in [4.69, 9.17) is 0 Å². The van der Waals surface area contributed by atoms with Crippen LogP contribution < -0.4 is 5.32 Å². The van der Waals surface area contributed by atoms with Crippen molar-refractivity contribution in [2.45, 2.75) is 26.2 Å². The van der Waals surface area contributed by atoms with E-state index in [2.05, 4.69) is 22.4 Å². The van der Waals surface area contributed by atoms with E-state index in [0.29, 0.717) is 19.6 Å². The van der Waals surface area contributed by atoms with Crippen molar-refractivity contribution in [1.29, 1.82) is 0 Å². The van der Waals surface area contributed by atoms with Gasteiger partial charge in [-0.1, -0.05) is 35.9 Å². The summed E-state index contributed by atoms with van der Waals surface area (Å²) in [6.45, 7) is 3.90. The molecule has 2 N–H and O–H groups in total. The minimum Gasteiger partial charge on any atom is -0.361 e. The van der Waals surface area contributed by atoms with Gasteiger partial charge in [0.1, 0.15) is 0 Å². The number of amides is 2. The highest BCUT2D eigenvalue weighted by Gasteiger charge is 2.27. The van der Waals surface area contributed by atoms with Crippen molar-refractivity contribution in [1.82, 2.24) is 15.2 Å². The van der Waals surface area contributed by atoms with E-state index in [0.717, 1.165) is 35.9 Å². The molecule has 2 amide bonds. The average molecular weight is 389 g/mol. The molecule has 2 heterocycles. The molecule has 1 fully saturated rings.